The molecule has 1 heterocycles. The molecule has 110 valence electrons. The van der Waals surface area contributed by atoms with Crippen molar-refractivity contribution >= 4 is 24.2 Å². The van der Waals surface area contributed by atoms with E-state index in [0.29, 0.717) is 12.3 Å². The van der Waals surface area contributed by atoms with E-state index in [1.165, 1.54) is 4.90 Å². The zero-order valence-corrected chi connectivity index (χ0v) is 11.1. The molecule has 0 aliphatic carbocycles. The second kappa shape index (κ2) is 5.43. The molecule has 0 spiro atoms. The van der Waals surface area contributed by atoms with Crippen molar-refractivity contribution in [1.29, 1.82) is 0 Å². The molecule has 1 aromatic carbocycles. The number of aromatic hydroxyl groups is 1. The van der Waals surface area contributed by atoms with Gasteiger partial charge in [0.25, 0.3) is 0 Å². The molecule has 1 N–H and O–H groups in total. The summed E-state index contributed by atoms with van der Waals surface area (Å²) < 4.78 is 40.3. The lowest BCUT2D eigenvalue weighted by atomic mass is 10.1. The Hall–Kier alpha value is -1.57. The van der Waals surface area contributed by atoms with Crippen molar-refractivity contribution in [3.63, 3.8) is 0 Å². The SMILES string of the molecule is O=C1CC(CS)CN1c1cc(OC(F)(F)F)ccc1O. The zero-order valence-electron chi connectivity index (χ0n) is 10.2. The first-order valence-corrected chi connectivity index (χ1v) is 6.43. The van der Waals surface area contributed by atoms with Crippen molar-refractivity contribution in [1.82, 2.24) is 0 Å². The molecule has 1 aliphatic rings. The smallest absolute Gasteiger partial charge is 0.506 e. The molecule has 1 atom stereocenters. The van der Waals surface area contributed by atoms with Gasteiger partial charge in [-0.25, -0.2) is 0 Å². The molecular weight excluding hydrogens is 295 g/mol. The molecule has 0 aromatic heterocycles. The molecular formula is C12H12F3NO3S. The van der Waals surface area contributed by atoms with Crippen LogP contribution in [0, 0.1) is 5.92 Å². The minimum atomic E-state index is -4.82. The van der Waals surface area contributed by atoms with Crippen LogP contribution in [0.4, 0.5) is 18.9 Å². The van der Waals surface area contributed by atoms with E-state index in [1.807, 2.05) is 0 Å². The maximum atomic E-state index is 12.2. The highest BCUT2D eigenvalue weighted by Crippen LogP contribution is 2.36. The van der Waals surface area contributed by atoms with Gasteiger partial charge in [-0.2, -0.15) is 12.6 Å². The summed E-state index contributed by atoms with van der Waals surface area (Å²) in [5.74, 6) is -0.511. The molecule has 1 amide bonds. The Balaban J connectivity index is 2.27. The molecule has 0 radical (unpaired) electrons. The van der Waals surface area contributed by atoms with Gasteiger partial charge >= 0.3 is 6.36 Å². The van der Waals surface area contributed by atoms with Gasteiger partial charge in [-0.15, -0.1) is 13.2 Å². The van der Waals surface area contributed by atoms with E-state index in [-0.39, 0.29) is 29.7 Å². The van der Waals surface area contributed by atoms with Crippen LogP contribution < -0.4 is 9.64 Å². The third-order valence-electron chi connectivity index (χ3n) is 2.93. The summed E-state index contributed by atoms with van der Waals surface area (Å²) in [6.45, 7) is 0.311. The maximum absolute atomic E-state index is 12.2. The first-order chi connectivity index (χ1) is 9.30. The fraction of sp³-hybridized carbons (Fsp3) is 0.417. The van der Waals surface area contributed by atoms with Gasteiger partial charge in [0.2, 0.25) is 5.91 Å². The average Bonchev–Trinajstić information content (AvgIpc) is 2.71. The van der Waals surface area contributed by atoms with E-state index in [4.69, 9.17) is 0 Å². The molecule has 8 heteroatoms. The number of amides is 1. The largest absolute Gasteiger partial charge is 0.573 e. The fourth-order valence-corrected chi connectivity index (χ4v) is 2.30. The number of anilines is 1. The topological polar surface area (TPSA) is 49.8 Å². The summed E-state index contributed by atoms with van der Waals surface area (Å²) in [5.41, 5.74) is 0.0148. The highest BCUT2D eigenvalue weighted by molar-refractivity contribution is 7.80. The van der Waals surface area contributed by atoms with E-state index in [2.05, 4.69) is 17.4 Å². The Labute approximate surface area is 118 Å². The molecule has 1 aromatic rings. The Morgan fingerprint density at radius 3 is 2.70 bits per heavy atom. The van der Waals surface area contributed by atoms with E-state index in [9.17, 15) is 23.1 Å². The van der Waals surface area contributed by atoms with Crippen LogP contribution in [-0.2, 0) is 4.79 Å². The number of carbonyl (C=O) groups is 1. The average molecular weight is 307 g/mol. The first kappa shape index (κ1) is 14.8. The summed E-state index contributed by atoms with van der Waals surface area (Å²) in [4.78, 5) is 13.1. The van der Waals surface area contributed by atoms with E-state index < -0.39 is 12.1 Å². The van der Waals surface area contributed by atoms with Crippen molar-refractivity contribution in [3.05, 3.63) is 18.2 Å². The number of hydrogen-bond acceptors (Lipinski definition) is 4. The van der Waals surface area contributed by atoms with E-state index in [0.717, 1.165) is 18.2 Å². The highest BCUT2D eigenvalue weighted by Gasteiger charge is 2.34. The molecule has 4 nitrogen and oxygen atoms in total. The van der Waals surface area contributed by atoms with Gasteiger partial charge in [-0.05, 0) is 23.8 Å². The van der Waals surface area contributed by atoms with Gasteiger partial charge < -0.3 is 14.7 Å². The Bertz CT molecular complexity index is 521. The monoisotopic (exact) mass is 307 g/mol. The number of thiol groups is 1. The number of alkyl halides is 3. The van der Waals surface area contributed by atoms with Crippen LogP contribution in [0.5, 0.6) is 11.5 Å². The summed E-state index contributed by atoms with van der Waals surface area (Å²) in [5, 5.41) is 9.72. The van der Waals surface area contributed by atoms with Crippen molar-refractivity contribution in [2.24, 2.45) is 5.92 Å². The van der Waals surface area contributed by atoms with Gasteiger partial charge in [0.15, 0.2) is 0 Å². The van der Waals surface area contributed by atoms with Crippen molar-refractivity contribution in [2.45, 2.75) is 12.8 Å². The quantitative estimate of drug-likeness (QED) is 0.844. The number of hydrogen-bond donors (Lipinski definition) is 2. The number of nitrogens with zero attached hydrogens (tertiary/aromatic N) is 1. The lowest BCUT2D eigenvalue weighted by Crippen LogP contribution is -2.25. The lowest BCUT2D eigenvalue weighted by molar-refractivity contribution is -0.274. The van der Waals surface area contributed by atoms with Crippen LogP contribution in [0.15, 0.2) is 18.2 Å². The molecule has 1 unspecified atom stereocenters. The molecule has 1 fully saturated rings. The fourth-order valence-electron chi connectivity index (χ4n) is 2.05. The number of phenolic OH excluding ortho intramolecular Hbond substituents is 1. The minimum Gasteiger partial charge on any atom is -0.506 e. The summed E-state index contributed by atoms with van der Waals surface area (Å²) in [6.07, 6.45) is -4.57. The number of halogens is 3. The van der Waals surface area contributed by atoms with Crippen LogP contribution in [0.1, 0.15) is 6.42 Å². The normalized spacial score (nSPS) is 19.5. The Morgan fingerprint density at radius 1 is 1.45 bits per heavy atom. The summed E-state index contributed by atoms with van der Waals surface area (Å²) >= 11 is 4.10. The predicted octanol–water partition coefficient (Wildman–Crippen LogP) is 2.57. The van der Waals surface area contributed by atoms with Gasteiger partial charge in [0.05, 0.1) is 5.69 Å². The third kappa shape index (κ3) is 3.30. The van der Waals surface area contributed by atoms with Crippen LogP contribution in [0.3, 0.4) is 0 Å². The molecule has 2 rings (SSSR count). The van der Waals surface area contributed by atoms with Gasteiger partial charge in [-0.3, -0.25) is 4.79 Å². The number of benzene rings is 1. The number of ether oxygens (including phenoxy) is 1. The molecule has 1 saturated heterocycles. The van der Waals surface area contributed by atoms with Crippen molar-refractivity contribution < 1.29 is 27.8 Å². The zero-order chi connectivity index (χ0) is 14.9. The summed E-state index contributed by atoms with van der Waals surface area (Å²) in [6, 6.07) is 3.06. The molecule has 1 aliphatic heterocycles. The Kier molecular flexibility index (Phi) is 4.03. The van der Waals surface area contributed by atoms with Gasteiger partial charge in [0.1, 0.15) is 11.5 Å². The summed E-state index contributed by atoms with van der Waals surface area (Å²) in [7, 11) is 0. The lowest BCUT2D eigenvalue weighted by Gasteiger charge is -2.19. The third-order valence-corrected chi connectivity index (χ3v) is 3.45. The van der Waals surface area contributed by atoms with Crippen molar-refractivity contribution in [3.8, 4) is 11.5 Å². The molecule has 20 heavy (non-hydrogen) atoms. The van der Waals surface area contributed by atoms with Crippen LogP contribution in [0.2, 0.25) is 0 Å². The number of rotatable bonds is 3. The minimum absolute atomic E-state index is 0.0115. The first-order valence-electron chi connectivity index (χ1n) is 5.80. The van der Waals surface area contributed by atoms with Gasteiger partial charge in [-0.1, -0.05) is 0 Å². The van der Waals surface area contributed by atoms with E-state index >= 15 is 0 Å². The van der Waals surface area contributed by atoms with Crippen LogP contribution >= 0.6 is 12.6 Å². The maximum Gasteiger partial charge on any atom is 0.573 e. The second-order valence-electron chi connectivity index (χ2n) is 4.46. The number of phenols is 1. The number of carbonyl (C=O) groups excluding carboxylic acids is 1. The van der Waals surface area contributed by atoms with Crippen LogP contribution in [-0.4, -0.2) is 29.7 Å². The Morgan fingerprint density at radius 2 is 2.15 bits per heavy atom. The molecule has 0 bridgehead atoms. The highest BCUT2D eigenvalue weighted by atomic mass is 32.1. The van der Waals surface area contributed by atoms with E-state index in [1.54, 1.807) is 0 Å². The van der Waals surface area contributed by atoms with Crippen LogP contribution in [0.25, 0.3) is 0 Å². The second-order valence-corrected chi connectivity index (χ2v) is 4.82. The molecule has 0 saturated carbocycles. The standard InChI is InChI=1S/C12H12F3NO3S/c13-12(14,15)19-8-1-2-10(17)9(4-8)16-5-7(6-20)3-11(16)18/h1-2,4,7,17,20H,3,5-6H2. The van der Waals surface area contributed by atoms with Crippen molar-refractivity contribution in [2.75, 3.05) is 17.2 Å². The van der Waals surface area contributed by atoms with Gasteiger partial charge in [0, 0.05) is 19.0 Å². The predicted molar refractivity (Wildman–Crippen MR) is 69.1 cm³/mol.